The highest BCUT2D eigenvalue weighted by atomic mass is 32.2. The number of carbonyl (C=O) groups is 1. The number of hydrogen-bond acceptors (Lipinski definition) is 6. The van der Waals surface area contributed by atoms with E-state index in [1.807, 2.05) is 26.2 Å². The molecule has 8 heteroatoms. The topological polar surface area (TPSA) is 76.6 Å². The third-order valence-corrected chi connectivity index (χ3v) is 8.48. The first kappa shape index (κ1) is 17.8. The Bertz CT molecular complexity index is 720. The number of nitrogens with zero attached hydrogens (tertiary/aromatic N) is 2. The van der Waals surface area contributed by atoms with Gasteiger partial charge in [0, 0.05) is 30.3 Å². The Morgan fingerprint density at radius 2 is 2.21 bits per heavy atom. The lowest BCUT2D eigenvalue weighted by Gasteiger charge is -2.50. The zero-order valence-electron chi connectivity index (χ0n) is 14.3. The van der Waals surface area contributed by atoms with Crippen molar-refractivity contribution in [2.24, 2.45) is 11.8 Å². The molecule has 24 heavy (non-hydrogen) atoms. The van der Waals surface area contributed by atoms with Crippen molar-refractivity contribution >= 4 is 27.1 Å². The summed E-state index contributed by atoms with van der Waals surface area (Å²) in [6, 6.07) is 0. The van der Waals surface area contributed by atoms with Crippen LogP contribution in [0.3, 0.4) is 0 Å². The van der Waals surface area contributed by atoms with Crippen LogP contribution in [-0.2, 0) is 26.0 Å². The lowest BCUT2D eigenvalue weighted by atomic mass is 9.83. The van der Waals surface area contributed by atoms with Gasteiger partial charge in [-0.2, -0.15) is 0 Å². The van der Waals surface area contributed by atoms with Crippen LogP contribution in [-0.4, -0.2) is 54.4 Å². The van der Waals surface area contributed by atoms with E-state index in [0.29, 0.717) is 32.7 Å². The fourth-order valence-corrected chi connectivity index (χ4v) is 6.61. The number of thiazole rings is 1. The van der Waals surface area contributed by atoms with Gasteiger partial charge in [0.2, 0.25) is 5.91 Å². The van der Waals surface area contributed by atoms with E-state index in [1.165, 1.54) is 0 Å². The molecule has 0 saturated carbocycles. The number of hydrogen-bond donors (Lipinski definition) is 0. The van der Waals surface area contributed by atoms with Gasteiger partial charge in [-0.1, -0.05) is 13.8 Å². The van der Waals surface area contributed by atoms with Crippen LogP contribution in [0.5, 0.6) is 0 Å². The number of aromatic nitrogens is 1. The molecule has 1 spiro atoms. The van der Waals surface area contributed by atoms with Crippen molar-refractivity contribution in [3.05, 3.63) is 16.1 Å². The van der Waals surface area contributed by atoms with Gasteiger partial charge in [-0.15, -0.1) is 11.3 Å². The zero-order chi connectivity index (χ0) is 17.5. The predicted molar refractivity (Wildman–Crippen MR) is 92.5 cm³/mol. The molecule has 1 amide bonds. The second kappa shape index (κ2) is 6.38. The Morgan fingerprint density at radius 3 is 2.79 bits per heavy atom. The van der Waals surface area contributed by atoms with E-state index in [9.17, 15) is 13.2 Å². The molecule has 1 unspecified atom stereocenters. The molecule has 2 aliphatic heterocycles. The van der Waals surface area contributed by atoms with E-state index in [-0.39, 0.29) is 23.5 Å². The van der Waals surface area contributed by atoms with Crippen molar-refractivity contribution in [3.63, 3.8) is 0 Å². The lowest BCUT2D eigenvalue weighted by Crippen LogP contribution is -2.69. The van der Waals surface area contributed by atoms with Gasteiger partial charge in [-0.3, -0.25) is 4.79 Å². The van der Waals surface area contributed by atoms with Crippen molar-refractivity contribution in [1.29, 1.82) is 0 Å². The summed E-state index contributed by atoms with van der Waals surface area (Å²) in [6.07, 6.45) is 0.613. The summed E-state index contributed by atoms with van der Waals surface area (Å²) < 4.78 is 30.1. The monoisotopic (exact) mass is 372 g/mol. The molecule has 6 nitrogen and oxygen atoms in total. The van der Waals surface area contributed by atoms with E-state index in [4.69, 9.17) is 4.74 Å². The first-order chi connectivity index (χ1) is 11.2. The van der Waals surface area contributed by atoms with E-state index < -0.39 is 14.6 Å². The number of rotatable bonds is 5. The molecule has 0 N–H and O–H groups in total. The standard InChI is InChI=1S/C16H24N2O4S2/c1-11(2)15(19)18-9-16(10-18)13(4-5-24(16,20)21)6-22-7-14-8-23-12(3)17-14/h8,11,13H,4-7,9-10H2,1-3H3. The zero-order valence-corrected chi connectivity index (χ0v) is 16.0. The summed E-state index contributed by atoms with van der Waals surface area (Å²) in [5.74, 6) is 0.0773. The molecule has 3 heterocycles. The Labute approximate surface area is 147 Å². The van der Waals surface area contributed by atoms with Gasteiger partial charge >= 0.3 is 0 Å². The maximum Gasteiger partial charge on any atom is 0.225 e. The van der Waals surface area contributed by atoms with Gasteiger partial charge in [0.05, 0.1) is 29.7 Å². The molecule has 2 aliphatic rings. The SMILES string of the molecule is Cc1nc(COCC2CCS(=O)(=O)C23CN(C(=O)C(C)C)C3)cs1. The average molecular weight is 373 g/mol. The summed E-state index contributed by atoms with van der Waals surface area (Å²) in [5, 5.41) is 2.96. The van der Waals surface area contributed by atoms with E-state index >= 15 is 0 Å². The Hall–Kier alpha value is -0.990. The Balaban J connectivity index is 1.62. The molecule has 134 valence electrons. The smallest absolute Gasteiger partial charge is 0.225 e. The van der Waals surface area contributed by atoms with E-state index in [2.05, 4.69) is 4.98 Å². The summed E-state index contributed by atoms with van der Waals surface area (Å²) in [5.41, 5.74) is 0.887. The highest BCUT2D eigenvalue weighted by Gasteiger charge is 2.62. The summed E-state index contributed by atoms with van der Waals surface area (Å²) >= 11 is 1.58. The number of likely N-dealkylation sites (tertiary alicyclic amines) is 1. The molecule has 0 bridgehead atoms. The first-order valence-electron chi connectivity index (χ1n) is 8.25. The molecule has 2 fully saturated rings. The first-order valence-corrected chi connectivity index (χ1v) is 10.8. The number of ether oxygens (including phenoxy) is 1. The van der Waals surface area contributed by atoms with Crippen molar-refractivity contribution in [1.82, 2.24) is 9.88 Å². The molecule has 0 aliphatic carbocycles. The quantitative estimate of drug-likeness (QED) is 0.785. The molecule has 3 rings (SSSR count). The van der Waals surface area contributed by atoms with Gasteiger partial charge in [0.15, 0.2) is 9.84 Å². The minimum atomic E-state index is -3.17. The molecule has 1 aromatic rings. The molecule has 1 atom stereocenters. The fraction of sp³-hybridized carbons (Fsp3) is 0.750. The van der Waals surface area contributed by atoms with E-state index in [0.717, 1.165) is 10.7 Å². The van der Waals surface area contributed by atoms with Crippen LogP contribution < -0.4 is 0 Å². The van der Waals surface area contributed by atoms with Crippen LogP contribution in [0.4, 0.5) is 0 Å². The van der Waals surface area contributed by atoms with Gasteiger partial charge in [-0.05, 0) is 13.3 Å². The van der Waals surface area contributed by atoms with Gasteiger partial charge < -0.3 is 9.64 Å². The third-order valence-electron chi connectivity index (χ3n) is 5.06. The number of carbonyl (C=O) groups excluding carboxylic acids is 1. The third kappa shape index (κ3) is 2.99. The van der Waals surface area contributed by atoms with Gasteiger partial charge in [-0.25, -0.2) is 13.4 Å². The minimum Gasteiger partial charge on any atom is -0.375 e. The second-order valence-corrected chi connectivity index (χ2v) is 10.6. The van der Waals surface area contributed by atoms with Crippen LogP contribution in [0.2, 0.25) is 0 Å². The maximum atomic E-state index is 12.5. The highest BCUT2D eigenvalue weighted by Crippen LogP contribution is 2.45. The van der Waals surface area contributed by atoms with Gasteiger partial charge in [0.1, 0.15) is 4.75 Å². The lowest BCUT2D eigenvalue weighted by molar-refractivity contribution is -0.141. The van der Waals surface area contributed by atoms with Crippen molar-refractivity contribution in [3.8, 4) is 0 Å². The minimum absolute atomic E-state index is 0.0281. The maximum absolute atomic E-state index is 12.5. The van der Waals surface area contributed by atoms with Crippen LogP contribution >= 0.6 is 11.3 Å². The van der Waals surface area contributed by atoms with Crippen LogP contribution in [0, 0.1) is 18.8 Å². The number of aryl methyl sites for hydroxylation is 1. The highest BCUT2D eigenvalue weighted by molar-refractivity contribution is 7.93. The Morgan fingerprint density at radius 1 is 1.50 bits per heavy atom. The number of sulfone groups is 1. The molecular weight excluding hydrogens is 348 g/mol. The fourth-order valence-electron chi connectivity index (χ4n) is 3.61. The molecule has 0 aromatic carbocycles. The number of amides is 1. The van der Waals surface area contributed by atoms with E-state index in [1.54, 1.807) is 16.2 Å². The predicted octanol–water partition coefficient (Wildman–Crippen LogP) is 1.64. The molecule has 2 saturated heterocycles. The molecule has 0 radical (unpaired) electrons. The normalized spacial score (nSPS) is 24.5. The summed E-state index contributed by atoms with van der Waals surface area (Å²) in [4.78, 5) is 18.1. The molecular formula is C16H24N2O4S2. The second-order valence-electron chi connectivity index (χ2n) is 7.09. The van der Waals surface area contributed by atoms with Crippen LogP contribution in [0.25, 0.3) is 0 Å². The summed E-state index contributed by atoms with van der Waals surface area (Å²) in [7, 11) is -3.17. The summed E-state index contributed by atoms with van der Waals surface area (Å²) in [6.45, 7) is 7.07. The van der Waals surface area contributed by atoms with Gasteiger partial charge in [0.25, 0.3) is 0 Å². The van der Waals surface area contributed by atoms with Crippen LogP contribution in [0.1, 0.15) is 31.0 Å². The van der Waals surface area contributed by atoms with Crippen LogP contribution in [0.15, 0.2) is 5.38 Å². The molecule has 1 aromatic heterocycles. The van der Waals surface area contributed by atoms with Crippen molar-refractivity contribution < 1.29 is 17.9 Å². The van der Waals surface area contributed by atoms with Crippen molar-refractivity contribution in [2.45, 2.75) is 38.5 Å². The van der Waals surface area contributed by atoms with Crippen molar-refractivity contribution in [2.75, 3.05) is 25.4 Å². The largest absolute Gasteiger partial charge is 0.375 e. The average Bonchev–Trinajstić information content (AvgIpc) is 2.98. The Kier molecular flexibility index (Phi) is 4.74.